The zero-order valence-electron chi connectivity index (χ0n) is 11.9. The molecule has 0 saturated heterocycles. The SMILES string of the molecule is CCN(CC)CCNC(=O)c1ccc2[nH]cc(Br)c2c1. The molecule has 2 aromatic rings. The first-order chi connectivity index (χ1) is 9.65. The number of H-pyrrole nitrogens is 1. The molecule has 0 aliphatic heterocycles. The highest BCUT2D eigenvalue weighted by Gasteiger charge is 2.08. The summed E-state index contributed by atoms with van der Waals surface area (Å²) in [6, 6.07) is 5.68. The van der Waals surface area contributed by atoms with Crippen molar-refractivity contribution < 1.29 is 4.79 Å². The minimum atomic E-state index is -0.0212. The summed E-state index contributed by atoms with van der Waals surface area (Å²) in [5, 5.41) is 4.00. The lowest BCUT2D eigenvalue weighted by molar-refractivity contribution is 0.0949. The van der Waals surface area contributed by atoms with Crippen LogP contribution in [-0.2, 0) is 0 Å². The molecule has 0 radical (unpaired) electrons. The van der Waals surface area contributed by atoms with E-state index in [4.69, 9.17) is 0 Å². The van der Waals surface area contributed by atoms with Gasteiger partial charge in [-0.05, 0) is 47.2 Å². The molecule has 0 saturated carbocycles. The number of benzene rings is 1. The van der Waals surface area contributed by atoms with Gasteiger partial charge in [-0.25, -0.2) is 0 Å². The molecule has 0 aliphatic carbocycles. The van der Waals surface area contributed by atoms with Crippen LogP contribution in [0.1, 0.15) is 24.2 Å². The second kappa shape index (κ2) is 6.90. The molecule has 2 N–H and O–H groups in total. The Morgan fingerprint density at radius 2 is 2.10 bits per heavy atom. The van der Waals surface area contributed by atoms with Crippen molar-refractivity contribution in [3.63, 3.8) is 0 Å². The first-order valence-corrected chi connectivity index (χ1v) is 7.72. The second-order valence-electron chi connectivity index (χ2n) is 4.68. The maximum atomic E-state index is 12.1. The molecule has 1 heterocycles. The molecular weight excluding hydrogens is 318 g/mol. The van der Waals surface area contributed by atoms with E-state index in [1.54, 1.807) is 0 Å². The van der Waals surface area contributed by atoms with Gasteiger partial charge >= 0.3 is 0 Å². The molecule has 1 aromatic heterocycles. The average molecular weight is 338 g/mol. The largest absolute Gasteiger partial charge is 0.360 e. The third-order valence-corrected chi connectivity index (χ3v) is 4.16. The first kappa shape index (κ1) is 15.1. The van der Waals surface area contributed by atoms with Crippen molar-refractivity contribution in [3.8, 4) is 0 Å². The van der Waals surface area contributed by atoms with Gasteiger partial charge in [0.15, 0.2) is 0 Å². The lowest BCUT2D eigenvalue weighted by atomic mass is 10.1. The summed E-state index contributed by atoms with van der Waals surface area (Å²) in [4.78, 5) is 17.6. The van der Waals surface area contributed by atoms with E-state index in [9.17, 15) is 4.79 Å². The van der Waals surface area contributed by atoms with Crippen molar-refractivity contribution in [2.75, 3.05) is 26.2 Å². The van der Waals surface area contributed by atoms with Crippen molar-refractivity contribution in [1.82, 2.24) is 15.2 Å². The van der Waals surface area contributed by atoms with E-state index < -0.39 is 0 Å². The van der Waals surface area contributed by atoms with E-state index in [0.29, 0.717) is 12.1 Å². The predicted octanol–water partition coefficient (Wildman–Crippen LogP) is 3.00. The van der Waals surface area contributed by atoms with Gasteiger partial charge < -0.3 is 15.2 Å². The smallest absolute Gasteiger partial charge is 0.251 e. The zero-order chi connectivity index (χ0) is 14.5. The summed E-state index contributed by atoms with van der Waals surface area (Å²) in [5.74, 6) is -0.0212. The minimum absolute atomic E-state index is 0.0212. The van der Waals surface area contributed by atoms with Crippen LogP contribution in [0.5, 0.6) is 0 Å². The van der Waals surface area contributed by atoms with Crippen molar-refractivity contribution in [3.05, 3.63) is 34.4 Å². The molecule has 4 nitrogen and oxygen atoms in total. The van der Waals surface area contributed by atoms with E-state index in [1.165, 1.54) is 0 Å². The maximum absolute atomic E-state index is 12.1. The van der Waals surface area contributed by atoms with Crippen LogP contribution in [0.25, 0.3) is 10.9 Å². The predicted molar refractivity (Wildman–Crippen MR) is 86.1 cm³/mol. The Morgan fingerprint density at radius 3 is 2.80 bits per heavy atom. The van der Waals surface area contributed by atoms with Gasteiger partial charge in [0.2, 0.25) is 0 Å². The minimum Gasteiger partial charge on any atom is -0.360 e. The number of fused-ring (bicyclic) bond motifs is 1. The molecule has 0 bridgehead atoms. The van der Waals surface area contributed by atoms with E-state index in [0.717, 1.165) is 35.0 Å². The number of carbonyl (C=O) groups is 1. The van der Waals surface area contributed by atoms with Crippen LogP contribution in [0.4, 0.5) is 0 Å². The van der Waals surface area contributed by atoms with Crippen LogP contribution in [-0.4, -0.2) is 42.0 Å². The topological polar surface area (TPSA) is 48.1 Å². The van der Waals surface area contributed by atoms with Gasteiger partial charge in [0.25, 0.3) is 5.91 Å². The summed E-state index contributed by atoms with van der Waals surface area (Å²) < 4.78 is 0.977. The van der Waals surface area contributed by atoms with Crippen LogP contribution in [0.3, 0.4) is 0 Å². The van der Waals surface area contributed by atoms with Crippen molar-refractivity contribution >= 4 is 32.7 Å². The summed E-state index contributed by atoms with van der Waals surface area (Å²) in [5.41, 5.74) is 1.72. The van der Waals surface area contributed by atoms with E-state index in [-0.39, 0.29) is 5.91 Å². The summed E-state index contributed by atoms with van der Waals surface area (Å²) in [6.07, 6.45) is 1.88. The Balaban J connectivity index is 1.98. The molecule has 0 atom stereocenters. The number of nitrogens with zero attached hydrogens (tertiary/aromatic N) is 1. The highest BCUT2D eigenvalue weighted by atomic mass is 79.9. The summed E-state index contributed by atoms with van der Waals surface area (Å²) in [7, 11) is 0. The number of hydrogen-bond acceptors (Lipinski definition) is 2. The fourth-order valence-electron chi connectivity index (χ4n) is 2.20. The van der Waals surface area contributed by atoms with Crippen LogP contribution < -0.4 is 5.32 Å². The normalized spacial score (nSPS) is 11.2. The van der Waals surface area contributed by atoms with Crippen LogP contribution in [0.15, 0.2) is 28.9 Å². The number of halogens is 1. The number of likely N-dealkylation sites (N-methyl/N-ethyl adjacent to an activating group) is 1. The monoisotopic (exact) mass is 337 g/mol. The lowest BCUT2D eigenvalue weighted by Gasteiger charge is -2.17. The Hall–Kier alpha value is -1.33. The number of rotatable bonds is 6. The molecule has 5 heteroatoms. The fourth-order valence-corrected chi connectivity index (χ4v) is 2.64. The first-order valence-electron chi connectivity index (χ1n) is 6.92. The molecule has 1 amide bonds. The highest BCUT2D eigenvalue weighted by molar-refractivity contribution is 9.10. The van der Waals surface area contributed by atoms with E-state index in [2.05, 4.69) is 45.0 Å². The van der Waals surface area contributed by atoms with E-state index >= 15 is 0 Å². The van der Waals surface area contributed by atoms with Gasteiger partial charge in [0, 0.05) is 40.2 Å². The van der Waals surface area contributed by atoms with E-state index in [1.807, 2.05) is 24.4 Å². The van der Waals surface area contributed by atoms with Gasteiger partial charge in [-0.2, -0.15) is 0 Å². The lowest BCUT2D eigenvalue weighted by Crippen LogP contribution is -2.34. The fraction of sp³-hybridized carbons (Fsp3) is 0.400. The zero-order valence-corrected chi connectivity index (χ0v) is 13.5. The van der Waals surface area contributed by atoms with Crippen LogP contribution >= 0.6 is 15.9 Å². The molecule has 108 valence electrons. The van der Waals surface area contributed by atoms with Crippen molar-refractivity contribution in [2.24, 2.45) is 0 Å². The Morgan fingerprint density at radius 1 is 1.35 bits per heavy atom. The van der Waals surface area contributed by atoms with Crippen LogP contribution in [0.2, 0.25) is 0 Å². The number of hydrogen-bond donors (Lipinski definition) is 2. The Kier molecular flexibility index (Phi) is 5.20. The average Bonchev–Trinajstić information content (AvgIpc) is 2.84. The van der Waals surface area contributed by atoms with Crippen molar-refractivity contribution in [2.45, 2.75) is 13.8 Å². The summed E-state index contributed by atoms with van der Waals surface area (Å²) in [6.45, 7) is 7.83. The van der Waals surface area contributed by atoms with Gasteiger partial charge in [-0.1, -0.05) is 13.8 Å². The van der Waals surface area contributed by atoms with Gasteiger partial charge in [-0.3, -0.25) is 4.79 Å². The molecule has 0 unspecified atom stereocenters. The standard InChI is InChI=1S/C15H20BrN3O/c1-3-19(4-2)8-7-17-15(20)11-5-6-14-12(9-11)13(16)10-18-14/h5-6,9-10,18H,3-4,7-8H2,1-2H3,(H,17,20). The summed E-state index contributed by atoms with van der Waals surface area (Å²) >= 11 is 3.47. The second-order valence-corrected chi connectivity index (χ2v) is 5.53. The molecule has 20 heavy (non-hydrogen) atoms. The van der Waals surface area contributed by atoms with Crippen molar-refractivity contribution in [1.29, 1.82) is 0 Å². The molecule has 1 aromatic carbocycles. The third-order valence-electron chi connectivity index (χ3n) is 3.50. The van der Waals surface area contributed by atoms with Gasteiger partial charge in [0.05, 0.1) is 0 Å². The van der Waals surface area contributed by atoms with Gasteiger partial charge in [0.1, 0.15) is 0 Å². The van der Waals surface area contributed by atoms with Crippen LogP contribution in [0, 0.1) is 0 Å². The highest BCUT2D eigenvalue weighted by Crippen LogP contribution is 2.24. The number of aromatic amines is 1. The quantitative estimate of drug-likeness (QED) is 0.851. The molecule has 2 rings (SSSR count). The van der Waals surface area contributed by atoms with Gasteiger partial charge in [-0.15, -0.1) is 0 Å². The maximum Gasteiger partial charge on any atom is 0.251 e. The number of nitrogens with one attached hydrogen (secondary N) is 2. The third kappa shape index (κ3) is 3.41. The number of aromatic nitrogens is 1. The molecule has 0 spiro atoms. The molecule has 0 aliphatic rings. The number of carbonyl (C=O) groups excluding carboxylic acids is 1. The number of amides is 1. The molecular formula is C15H20BrN3O. The Bertz CT molecular complexity index is 590. The molecule has 0 fully saturated rings. The Labute approximate surface area is 127 Å².